The van der Waals surface area contributed by atoms with Gasteiger partial charge in [-0.1, -0.05) is 64.0 Å². The Bertz CT molecular complexity index is 1190. The van der Waals surface area contributed by atoms with E-state index in [9.17, 15) is 14.4 Å². The van der Waals surface area contributed by atoms with Crippen molar-refractivity contribution in [2.24, 2.45) is 0 Å². The molecule has 2 aromatic carbocycles. The van der Waals surface area contributed by atoms with E-state index in [1.54, 1.807) is 0 Å². The lowest BCUT2D eigenvalue weighted by atomic mass is 9.92. The molecule has 8 heteroatoms. The van der Waals surface area contributed by atoms with Gasteiger partial charge in [0, 0.05) is 73.4 Å². The third kappa shape index (κ3) is 8.00. The summed E-state index contributed by atoms with van der Waals surface area (Å²) in [5.74, 6) is -0.342. The molecular formula is C33H48N4O4. The Kier molecular flexibility index (Phi) is 10.6. The molecular weight excluding hydrogens is 516 g/mol. The van der Waals surface area contributed by atoms with Gasteiger partial charge in [-0.3, -0.25) is 19.4 Å². The molecule has 2 aliphatic heterocycles. The van der Waals surface area contributed by atoms with E-state index in [1.807, 2.05) is 51.1 Å². The predicted octanol–water partition coefficient (Wildman–Crippen LogP) is 6.22. The summed E-state index contributed by atoms with van der Waals surface area (Å²) < 4.78 is 5.31. The number of carbonyl (C=O) groups excluding carboxylic acids is 3. The summed E-state index contributed by atoms with van der Waals surface area (Å²) in [4.78, 5) is 44.9. The Balaban J connectivity index is 1.34. The van der Waals surface area contributed by atoms with Gasteiger partial charge in [-0.2, -0.15) is 0 Å². The highest BCUT2D eigenvalue weighted by molar-refractivity contribution is 6.26. The number of anilines is 1. The highest BCUT2D eigenvalue weighted by atomic mass is 16.6. The van der Waals surface area contributed by atoms with Crippen LogP contribution in [0, 0.1) is 0 Å². The van der Waals surface area contributed by atoms with Crippen molar-refractivity contribution in [3.05, 3.63) is 41.5 Å². The number of piperazine rings is 1. The smallest absolute Gasteiger partial charge is 0.407 e. The van der Waals surface area contributed by atoms with Crippen molar-refractivity contribution in [2.45, 2.75) is 84.7 Å². The van der Waals surface area contributed by atoms with E-state index in [0.717, 1.165) is 68.4 Å². The fraction of sp³-hybridized carbons (Fsp3) is 0.606. The summed E-state index contributed by atoms with van der Waals surface area (Å²) in [6.45, 7) is 13.0. The molecule has 0 atom stereocenters. The molecule has 0 aliphatic carbocycles. The minimum Gasteiger partial charge on any atom is -0.444 e. The van der Waals surface area contributed by atoms with Crippen LogP contribution < -0.4 is 10.2 Å². The zero-order chi connectivity index (χ0) is 29.4. The van der Waals surface area contributed by atoms with Gasteiger partial charge < -0.3 is 15.0 Å². The average Bonchev–Trinajstić information content (AvgIpc) is 2.94. The lowest BCUT2D eigenvalue weighted by Crippen LogP contribution is -2.49. The van der Waals surface area contributed by atoms with Crippen molar-refractivity contribution in [3.8, 4) is 0 Å². The number of ether oxygens (including phenoxy) is 1. The maximum Gasteiger partial charge on any atom is 0.407 e. The monoisotopic (exact) mass is 564 g/mol. The van der Waals surface area contributed by atoms with Crippen LogP contribution in [0.25, 0.3) is 10.8 Å². The van der Waals surface area contributed by atoms with Gasteiger partial charge in [0.15, 0.2) is 0 Å². The van der Waals surface area contributed by atoms with Crippen LogP contribution in [0.4, 0.5) is 10.5 Å². The lowest BCUT2D eigenvalue weighted by molar-refractivity contribution is 0.0519. The van der Waals surface area contributed by atoms with Gasteiger partial charge in [0.2, 0.25) is 0 Å². The van der Waals surface area contributed by atoms with Crippen LogP contribution in [0.3, 0.4) is 0 Å². The number of imide groups is 1. The number of amides is 3. The average molecular weight is 565 g/mol. The van der Waals surface area contributed by atoms with Crippen molar-refractivity contribution in [2.75, 3.05) is 50.7 Å². The van der Waals surface area contributed by atoms with Crippen molar-refractivity contribution in [1.29, 1.82) is 0 Å². The lowest BCUT2D eigenvalue weighted by Gasteiger charge is -2.37. The first-order valence-corrected chi connectivity index (χ1v) is 15.6. The van der Waals surface area contributed by atoms with Crippen molar-refractivity contribution in [3.63, 3.8) is 0 Å². The van der Waals surface area contributed by atoms with Crippen LogP contribution in [-0.2, 0) is 4.74 Å². The Hall–Kier alpha value is -3.13. The van der Waals surface area contributed by atoms with E-state index in [0.29, 0.717) is 24.2 Å². The van der Waals surface area contributed by atoms with E-state index in [2.05, 4.69) is 22.0 Å². The van der Waals surface area contributed by atoms with Gasteiger partial charge >= 0.3 is 6.09 Å². The number of benzene rings is 2. The summed E-state index contributed by atoms with van der Waals surface area (Å²) in [6.07, 6.45) is 9.01. The molecule has 0 aromatic heterocycles. The second kappa shape index (κ2) is 14.2. The van der Waals surface area contributed by atoms with Gasteiger partial charge in [-0.05, 0) is 45.4 Å². The quantitative estimate of drug-likeness (QED) is 0.230. The summed E-state index contributed by atoms with van der Waals surface area (Å²) in [5.41, 5.74) is 1.82. The van der Waals surface area contributed by atoms with E-state index in [4.69, 9.17) is 4.74 Å². The Morgan fingerprint density at radius 1 is 0.829 bits per heavy atom. The van der Waals surface area contributed by atoms with Gasteiger partial charge in [0.05, 0.1) is 0 Å². The van der Waals surface area contributed by atoms with E-state index in [-0.39, 0.29) is 17.9 Å². The van der Waals surface area contributed by atoms with Crippen LogP contribution in [0.2, 0.25) is 0 Å². The zero-order valence-electron chi connectivity index (χ0n) is 25.5. The molecule has 0 spiro atoms. The minimum absolute atomic E-state index is 0.171. The highest BCUT2D eigenvalue weighted by Gasteiger charge is 2.33. The molecule has 0 saturated carbocycles. The fourth-order valence-corrected chi connectivity index (χ4v) is 5.86. The Labute approximate surface area is 245 Å². The second-order valence-corrected chi connectivity index (χ2v) is 12.4. The first kappa shape index (κ1) is 30.8. The molecule has 3 amide bonds. The number of nitrogens with one attached hydrogen (secondary N) is 1. The van der Waals surface area contributed by atoms with E-state index < -0.39 is 5.60 Å². The van der Waals surface area contributed by atoms with E-state index >= 15 is 0 Å². The van der Waals surface area contributed by atoms with Crippen LogP contribution >= 0.6 is 0 Å². The van der Waals surface area contributed by atoms with Gasteiger partial charge in [-0.25, -0.2) is 4.79 Å². The van der Waals surface area contributed by atoms with Gasteiger partial charge in [0.1, 0.15) is 5.60 Å². The predicted molar refractivity (Wildman–Crippen MR) is 165 cm³/mol. The molecule has 224 valence electrons. The number of hydrogen-bond donors (Lipinski definition) is 1. The third-order valence-corrected chi connectivity index (χ3v) is 8.01. The fourth-order valence-electron chi connectivity index (χ4n) is 5.86. The molecule has 2 aliphatic rings. The maximum absolute atomic E-state index is 13.5. The zero-order valence-corrected chi connectivity index (χ0v) is 25.5. The van der Waals surface area contributed by atoms with Gasteiger partial charge in [0.25, 0.3) is 11.8 Å². The number of unbranched alkanes of at least 4 members (excludes halogenated alkanes) is 7. The minimum atomic E-state index is -0.505. The Morgan fingerprint density at radius 2 is 1.46 bits per heavy atom. The van der Waals surface area contributed by atoms with Crippen LogP contribution in [0.1, 0.15) is 99.8 Å². The molecule has 4 rings (SSSR count). The van der Waals surface area contributed by atoms with Gasteiger partial charge in [-0.15, -0.1) is 0 Å². The summed E-state index contributed by atoms with van der Waals surface area (Å²) in [7, 11) is 0. The second-order valence-electron chi connectivity index (χ2n) is 12.4. The van der Waals surface area contributed by atoms with E-state index in [1.165, 1.54) is 37.0 Å². The summed E-state index contributed by atoms with van der Waals surface area (Å²) >= 11 is 0. The van der Waals surface area contributed by atoms with Crippen molar-refractivity contribution < 1.29 is 19.1 Å². The highest BCUT2D eigenvalue weighted by Crippen LogP contribution is 2.36. The normalized spacial score (nSPS) is 16.0. The van der Waals surface area contributed by atoms with Crippen molar-refractivity contribution >= 4 is 34.4 Å². The van der Waals surface area contributed by atoms with Crippen LogP contribution in [-0.4, -0.2) is 79.1 Å². The number of alkyl carbamates (subject to hydrolysis) is 1. The molecule has 8 nitrogen and oxygen atoms in total. The topological polar surface area (TPSA) is 82.2 Å². The van der Waals surface area contributed by atoms with Crippen LogP contribution in [0.15, 0.2) is 30.3 Å². The first-order chi connectivity index (χ1) is 19.7. The largest absolute Gasteiger partial charge is 0.444 e. The molecule has 41 heavy (non-hydrogen) atoms. The molecule has 0 bridgehead atoms. The number of hydrogen-bond acceptors (Lipinski definition) is 6. The number of nitrogens with zero attached hydrogens (tertiary/aromatic N) is 3. The molecule has 1 saturated heterocycles. The third-order valence-electron chi connectivity index (χ3n) is 8.01. The molecule has 2 aromatic rings. The van der Waals surface area contributed by atoms with Crippen LogP contribution in [0.5, 0.6) is 0 Å². The SMILES string of the molecule is CCCCCCCCCCN1C(=O)c2cccc3c(N4CCN(CCNC(=O)OC(C)(C)C)CC4)ccc(c23)C1=O. The Morgan fingerprint density at radius 3 is 2.12 bits per heavy atom. The molecule has 2 heterocycles. The molecule has 1 N–H and O–H groups in total. The summed E-state index contributed by atoms with van der Waals surface area (Å²) in [6, 6.07) is 9.78. The molecule has 0 unspecified atom stereocenters. The standard InChI is InChI=1S/C33H48N4O4/c1-5-6-7-8-9-10-11-12-19-37-30(38)26-15-13-14-25-28(17-16-27(29(25)26)31(37)39)36-23-21-35(22-24-36)20-18-34-32(40)41-33(2,3)4/h13-17H,5-12,18-24H2,1-4H3,(H,34,40). The maximum atomic E-state index is 13.5. The summed E-state index contributed by atoms with van der Waals surface area (Å²) in [5, 5.41) is 4.59. The molecule has 1 fully saturated rings. The number of rotatable bonds is 13. The van der Waals surface area contributed by atoms with Crippen molar-refractivity contribution in [1.82, 2.24) is 15.1 Å². The first-order valence-electron chi connectivity index (χ1n) is 15.6. The number of carbonyl (C=O) groups is 3. The molecule has 0 radical (unpaired) electrons.